The fraction of sp³-hybridized carbons (Fsp3) is 0.600. The van der Waals surface area contributed by atoms with Gasteiger partial charge in [-0.2, -0.15) is 0 Å². The lowest BCUT2D eigenvalue weighted by Crippen LogP contribution is -2.67. The summed E-state index contributed by atoms with van der Waals surface area (Å²) in [6, 6.07) is 7.13. The molecule has 124 valence electrons. The largest absolute Gasteiger partial charge is 0.395 e. The molecule has 0 aliphatic carbocycles. The van der Waals surface area contributed by atoms with Gasteiger partial charge in [0.1, 0.15) is 24.5 Å². The molecule has 1 aliphatic rings. The second-order valence-corrected chi connectivity index (χ2v) is 6.62. The summed E-state index contributed by atoms with van der Waals surface area (Å²) in [5.74, 6) is 0.619. The molecular weight excluding hydrogens is 306 g/mol. The van der Waals surface area contributed by atoms with Gasteiger partial charge in [-0.15, -0.1) is 11.8 Å². The van der Waals surface area contributed by atoms with Gasteiger partial charge in [0.2, 0.25) is 0 Å². The monoisotopic (exact) mass is 329 g/mol. The third-order valence-electron chi connectivity index (χ3n) is 4.05. The number of rotatable bonds is 5. The lowest BCUT2D eigenvalue weighted by Gasteiger charge is -2.46. The zero-order chi connectivity index (χ0) is 16.3. The Hall–Kier alpha value is -0.670. The summed E-state index contributed by atoms with van der Waals surface area (Å²) >= 11 is 1.60. The van der Waals surface area contributed by atoms with Gasteiger partial charge in [0, 0.05) is 17.2 Å². The van der Waals surface area contributed by atoms with Gasteiger partial charge < -0.3 is 25.5 Å². The molecule has 1 aromatic carbocycles. The molecule has 5 atom stereocenters. The highest BCUT2D eigenvalue weighted by Crippen LogP contribution is 2.26. The van der Waals surface area contributed by atoms with Crippen molar-refractivity contribution in [3.05, 3.63) is 29.8 Å². The highest BCUT2D eigenvalue weighted by Gasteiger charge is 2.46. The van der Waals surface area contributed by atoms with Crippen molar-refractivity contribution in [1.29, 1.82) is 0 Å². The van der Waals surface area contributed by atoms with Crippen LogP contribution in [-0.2, 0) is 0 Å². The van der Waals surface area contributed by atoms with Crippen LogP contribution in [0.5, 0.6) is 0 Å². The summed E-state index contributed by atoms with van der Waals surface area (Å²) in [7, 11) is 0. The van der Waals surface area contributed by atoms with Crippen molar-refractivity contribution in [1.82, 2.24) is 4.90 Å². The molecule has 0 bridgehead atoms. The third-order valence-corrected chi connectivity index (χ3v) is 5.21. The van der Waals surface area contributed by atoms with E-state index in [1.807, 2.05) is 31.2 Å². The Morgan fingerprint density at radius 1 is 1.05 bits per heavy atom. The third kappa shape index (κ3) is 3.62. The molecule has 1 aliphatic heterocycles. The highest BCUT2D eigenvalue weighted by molar-refractivity contribution is 7.99. The fourth-order valence-corrected chi connectivity index (χ4v) is 3.68. The van der Waals surface area contributed by atoms with Crippen molar-refractivity contribution < 1.29 is 25.5 Å². The Kier molecular flexibility index (Phi) is 6.22. The van der Waals surface area contributed by atoms with Crippen LogP contribution in [0.4, 0.5) is 0 Å². The molecule has 7 heteroatoms. The van der Waals surface area contributed by atoms with Crippen LogP contribution in [0.1, 0.15) is 5.56 Å². The molecule has 1 fully saturated rings. The fourth-order valence-electron chi connectivity index (χ4n) is 2.68. The number of aliphatic hydroxyl groups is 5. The predicted octanol–water partition coefficient (Wildman–Crippen LogP) is -0.835. The minimum Gasteiger partial charge on any atom is -0.395 e. The SMILES string of the molecule is Cc1ccccc1SCCN1C(O)[C@H](O)[C@@H](O)[C@H](O)[C@H]1CO. The second kappa shape index (κ2) is 7.74. The molecule has 6 nitrogen and oxygen atoms in total. The predicted molar refractivity (Wildman–Crippen MR) is 83.5 cm³/mol. The molecule has 0 aromatic heterocycles. The van der Waals surface area contributed by atoms with Crippen molar-refractivity contribution in [2.24, 2.45) is 0 Å². The maximum absolute atomic E-state index is 10.1. The molecular formula is C15H23NO5S. The Bertz CT molecular complexity index is 489. The van der Waals surface area contributed by atoms with Crippen LogP contribution < -0.4 is 0 Å². The van der Waals surface area contributed by atoms with Gasteiger partial charge in [0.15, 0.2) is 0 Å². The molecule has 0 saturated carbocycles. The van der Waals surface area contributed by atoms with Gasteiger partial charge in [0.05, 0.1) is 12.6 Å². The maximum atomic E-state index is 10.1. The van der Waals surface area contributed by atoms with E-state index in [2.05, 4.69) is 0 Å². The molecule has 0 spiro atoms. The number of aryl methyl sites for hydroxylation is 1. The average molecular weight is 329 g/mol. The number of thioether (sulfide) groups is 1. The van der Waals surface area contributed by atoms with E-state index in [0.717, 1.165) is 10.5 Å². The van der Waals surface area contributed by atoms with Crippen molar-refractivity contribution in [2.45, 2.75) is 42.4 Å². The smallest absolute Gasteiger partial charge is 0.136 e. The molecule has 5 N–H and O–H groups in total. The number of hydrogen-bond acceptors (Lipinski definition) is 7. The summed E-state index contributed by atoms with van der Waals surface area (Å²) in [4.78, 5) is 2.56. The molecule has 0 radical (unpaired) electrons. The van der Waals surface area contributed by atoms with E-state index in [9.17, 15) is 25.5 Å². The zero-order valence-corrected chi connectivity index (χ0v) is 13.2. The van der Waals surface area contributed by atoms with Crippen LogP contribution >= 0.6 is 11.8 Å². The van der Waals surface area contributed by atoms with Crippen LogP contribution in [0.25, 0.3) is 0 Å². The zero-order valence-electron chi connectivity index (χ0n) is 12.4. The first kappa shape index (κ1) is 17.7. The van der Waals surface area contributed by atoms with Gasteiger partial charge >= 0.3 is 0 Å². The van der Waals surface area contributed by atoms with Crippen LogP contribution in [0.3, 0.4) is 0 Å². The van der Waals surface area contributed by atoms with E-state index >= 15 is 0 Å². The quantitative estimate of drug-likeness (QED) is 0.449. The van der Waals surface area contributed by atoms with Crippen molar-refractivity contribution in [3.8, 4) is 0 Å². The van der Waals surface area contributed by atoms with Crippen LogP contribution in [0.15, 0.2) is 29.2 Å². The van der Waals surface area contributed by atoms with E-state index in [0.29, 0.717) is 12.3 Å². The van der Waals surface area contributed by atoms with Crippen LogP contribution in [0, 0.1) is 6.92 Å². The number of aliphatic hydroxyl groups excluding tert-OH is 5. The first-order valence-electron chi connectivity index (χ1n) is 7.24. The molecule has 1 saturated heterocycles. The van der Waals surface area contributed by atoms with Gasteiger partial charge in [-0.05, 0) is 18.6 Å². The maximum Gasteiger partial charge on any atom is 0.136 e. The first-order valence-corrected chi connectivity index (χ1v) is 8.23. The lowest BCUT2D eigenvalue weighted by atomic mass is 9.93. The van der Waals surface area contributed by atoms with Gasteiger partial charge in [-0.3, -0.25) is 4.90 Å². The summed E-state index contributed by atoms with van der Waals surface area (Å²) in [6.07, 6.45) is -5.53. The minimum atomic E-state index is -1.47. The summed E-state index contributed by atoms with van der Waals surface area (Å²) < 4.78 is 0. The average Bonchev–Trinajstić information content (AvgIpc) is 2.52. The summed E-state index contributed by atoms with van der Waals surface area (Å²) in [5, 5.41) is 48.8. The second-order valence-electron chi connectivity index (χ2n) is 5.49. The Morgan fingerprint density at radius 2 is 1.73 bits per heavy atom. The molecule has 2 rings (SSSR count). The van der Waals surface area contributed by atoms with E-state index in [-0.39, 0.29) is 0 Å². The van der Waals surface area contributed by atoms with Crippen molar-refractivity contribution >= 4 is 11.8 Å². The van der Waals surface area contributed by atoms with Gasteiger partial charge in [0.25, 0.3) is 0 Å². The molecule has 0 amide bonds. The first-order chi connectivity index (χ1) is 10.5. The standard InChI is InChI=1S/C15H23NO5S/c1-9-4-2-3-5-11(9)22-7-6-16-10(8-17)12(18)13(19)14(20)15(16)21/h2-5,10,12-15,17-21H,6-8H2,1H3/t10-,12-,13+,14-,15?/m1/s1. The number of benzene rings is 1. The molecule has 22 heavy (non-hydrogen) atoms. The summed E-state index contributed by atoms with van der Waals surface area (Å²) in [6.45, 7) is 1.97. The van der Waals surface area contributed by atoms with Crippen LogP contribution in [0.2, 0.25) is 0 Å². The Morgan fingerprint density at radius 3 is 2.36 bits per heavy atom. The Balaban J connectivity index is 1.99. The van der Waals surface area contributed by atoms with E-state index < -0.39 is 37.2 Å². The number of piperidine rings is 1. The number of nitrogens with zero attached hydrogens (tertiary/aromatic N) is 1. The van der Waals surface area contributed by atoms with Gasteiger partial charge in [-0.1, -0.05) is 18.2 Å². The molecule has 1 aromatic rings. The molecule has 1 unspecified atom stereocenters. The minimum absolute atomic E-state index is 0.367. The normalized spacial score (nSPS) is 33.1. The topological polar surface area (TPSA) is 104 Å². The number of hydrogen-bond donors (Lipinski definition) is 5. The van der Waals surface area contributed by atoms with Crippen molar-refractivity contribution in [2.75, 3.05) is 18.9 Å². The Labute approximate surface area is 134 Å². The van der Waals surface area contributed by atoms with Gasteiger partial charge in [-0.25, -0.2) is 0 Å². The molecule has 1 heterocycles. The van der Waals surface area contributed by atoms with Crippen LogP contribution in [-0.4, -0.2) is 79.9 Å². The highest BCUT2D eigenvalue weighted by atomic mass is 32.2. The van der Waals surface area contributed by atoms with E-state index in [4.69, 9.17) is 0 Å². The summed E-state index contributed by atoms with van der Waals surface area (Å²) in [5.41, 5.74) is 1.15. The van der Waals surface area contributed by atoms with E-state index in [1.54, 1.807) is 11.8 Å². The van der Waals surface area contributed by atoms with E-state index in [1.165, 1.54) is 4.90 Å². The van der Waals surface area contributed by atoms with Crippen molar-refractivity contribution in [3.63, 3.8) is 0 Å². The number of likely N-dealkylation sites (tertiary alicyclic amines) is 1. The lowest BCUT2D eigenvalue weighted by molar-refractivity contribution is -0.221.